The maximum absolute atomic E-state index is 4.17. The normalized spacial score (nSPS) is 10.6. The van der Waals surface area contributed by atoms with Gasteiger partial charge in [0.2, 0.25) is 0 Å². The number of hydrogen-bond donors (Lipinski definition) is 1. The van der Waals surface area contributed by atoms with E-state index in [0.717, 1.165) is 23.1 Å². The number of hydrogen-bond acceptors (Lipinski definition) is 2. The summed E-state index contributed by atoms with van der Waals surface area (Å²) in [4.78, 5) is 11.3. The first-order valence-electron chi connectivity index (χ1n) is 3.68. The summed E-state index contributed by atoms with van der Waals surface area (Å²) >= 11 is 0. The lowest BCUT2D eigenvalue weighted by Gasteiger charge is -1.94. The van der Waals surface area contributed by atoms with E-state index in [2.05, 4.69) is 21.9 Å². The van der Waals surface area contributed by atoms with Crippen LogP contribution in [0.1, 0.15) is 12.6 Å². The van der Waals surface area contributed by atoms with Crippen LogP contribution < -0.4 is 0 Å². The van der Waals surface area contributed by atoms with Crippen LogP contribution in [0, 0.1) is 0 Å². The number of fused-ring (bicyclic) bond motifs is 1. The Labute approximate surface area is 64.5 Å². The van der Waals surface area contributed by atoms with Gasteiger partial charge in [-0.1, -0.05) is 6.92 Å². The fourth-order valence-corrected chi connectivity index (χ4v) is 1.21. The van der Waals surface area contributed by atoms with Gasteiger partial charge < -0.3 is 4.98 Å². The predicted molar refractivity (Wildman–Crippen MR) is 43.3 cm³/mol. The summed E-state index contributed by atoms with van der Waals surface area (Å²) in [6, 6.07) is 2.01. The van der Waals surface area contributed by atoms with E-state index >= 15 is 0 Å². The van der Waals surface area contributed by atoms with Crippen LogP contribution in [0.2, 0.25) is 0 Å². The van der Waals surface area contributed by atoms with Crippen molar-refractivity contribution in [2.75, 3.05) is 0 Å². The third-order valence-corrected chi connectivity index (χ3v) is 1.77. The lowest BCUT2D eigenvalue weighted by molar-refractivity contribution is 1.03. The lowest BCUT2D eigenvalue weighted by Crippen LogP contribution is -1.88. The summed E-state index contributed by atoms with van der Waals surface area (Å²) < 4.78 is 0. The van der Waals surface area contributed by atoms with E-state index in [9.17, 15) is 0 Å². The molecule has 3 nitrogen and oxygen atoms in total. The van der Waals surface area contributed by atoms with Crippen LogP contribution in [0.5, 0.6) is 0 Å². The molecule has 0 aliphatic carbocycles. The molecule has 0 aromatic carbocycles. The topological polar surface area (TPSA) is 41.6 Å². The Hall–Kier alpha value is -1.38. The second-order valence-electron chi connectivity index (χ2n) is 2.41. The van der Waals surface area contributed by atoms with Gasteiger partial charge in [-0.2, -0.15) is 0 Å². The number of rotatable bonds is 1. The van der Waals surface area contributed by atoms with E-state index in [-0.39, 0.29) is 0 Å². The molecule has 2 heterocycles. The van der Waals surface area contributed by atoms with Gasteiger partial charge in [0.05, 0.1) is 5.69 Å². The molecule has 56 valence electrons. The molecule has 3 heteroatoms. The maximum Gasteiger partial charge on any atom is 0.140 e. The minimum absolute atomic E-state index is 0.928. The first-order valence-corrected chi connectivity index (χ1v) is 3.68. The molecular weight excluding hydrogens is 138 g/mol. The standard InChI is InChI=1S/C8H9N3/c1-2-7-6-3-4-9-8(6)11-5-10-7/h3-5H,2H2,1H3,(H,9,10,11). The van der Waals surface area contributed by atoms with Crippen LogP contribution in [0.25, 0.3) is 11.0 Å². The molecule has 2 rings (SSSR count). The fourth-order valence-electron chi connectivity index (χ4n) is 1.21. The molecule has 1 N–H and O–H groups in total. The average Bonchev–Trinajstić information content (AvgIpc) is 2.50. The van der Waals surface area contributed by atoms with Crippen molar-refractivity contribution in [1.82, 2.24) is 15.0 Å². The van der Waals surface area contributed by atoms with E-state index < -0.39 is 0 Å². The monoisotopic (exact) mass is 147 g/mol. The van der Waals surface area contributed by atoms with E-state index in [1.54, 1.807) is 6.33 Å². The molecule has 0 aliphatic heterocycles. The fraction of sp³-hybridized carbons (Fsp3) is 0.250. The number of aromatic amines is 1. The SMILES string of the molecule is CCc1ncnc2[nH]ccc12. The average molecular weight is 147 g/mol. The van der Waals surface area contributed by atoms with Crippen LogP contribution in [0.15, 0.2) is 18.6 Å². The zero-order chi connectivity index (χ0) is 7.68. The highest BCUT2D eigenvalue weighted by Gasteiger charge is 1.99. The van der Waals surface area contributed by atoms with Crippen LogP contribution in [0.4, 0.5) is 0 Å². The Balaban J connectivity index is 2.79. The molecule has 0 amide bonds. The number of aromatic nitrogens is 3. The molecule has 0 aliphatic rings. The van der Waals surface area contributed by atoms with Gasteiger partial charge in [0.25, 0.3) is 0 Å². The van der Waals surface area contributed by atoms with Gasteiger partial charge in [-0.15, -0.1) is 0 Å². The molecule has 0 radical (unpaired) electrons. The predicted octanol–water partition coefficient (Wildman–Crippen LogP) is 1.52. The van der Waals surface area contributed by atoms with Crippen LogP contribution in [-0.4, -0.2) is 15.0 Å². The first-order chi connectivity index (χ1) is 5.42. The Bertz CT molecular complexity index is 364. The van der Waals surface area contributed by atoms with Crippen LogP contribution in [0.3, 0.4) is 0 Å². The van der Waals surface area contributed by atoms with Crippen molar-refractivity contribution in [2.24, 2.45) is 0 Å². The van der Waals surface area contributed by atoms with Crippen molar-refractivity contribution in [1.29, 1.82) is 0 Å². The summed E-state index contributed by atoms with van der Waals surface area (Å²) in [6.45, 7) is 2.09. The van der Waals surface area contributed by atoms with Gasteiger partial charge in [0.15, 0.2) is 0 Å². The number of nitrogens with zero attached hydrogens (tertiary/aromatic N) is 2. The maximum atomic E-state index is 4.17. The second kappa shape index (κ2) is 2.34. The summed E-state index contributed by atoms with van der Waals surface area (Å²) in [5, 5.41) is 1.13. The molecule has 0 saturated heterocycles. The van der Waals surface area contributed by atoms with E-state index in [1.165, 1.54) is 0 Å². The van der Waals surface area contributed by atoms with Gasteiger partial charge in [0, 0.05) is 11.6 Å². The lowest BCUT2D eigenvalue weighted by atomic mass is 10.2. The van der Waals surface area contributed by atoms with E-state index in [0.29, 0.717) is 0 Å². The van der Waals surface area contributed by atoms with Gasteiger partial charge in [-0.25, -0.2) is 9.97 Å². The largest absolute Gasteiger partial charge is 0.346 e. The van der Waals surface area contributed by atoms with Gasteiger partial charge >= 0.3 is 0 Å². The van der Waals surface area contributed by atoms with Crippen molar-refractivity contribution in [3.63, 3.8) is 0 Å². The van der Waals surface area contributed by atoms with Crippen LogP contribution in [-0.2, 0) is 6.42 Å². The van der Waals surface area contributed by atoms with Crippen molar-refractivity contribution in [2.45, 2.75) is 13.3 Å². The molecule has 11 heavy (non-hydrogen) atoms. The number of aryl methyl sites for hydroxylation is 1. The third-order valence-electron chi connectivity index (χ3n) is 1.77. The molecule has 0 saturated carbocycles. The summed E-state index contributed by atoms with van der Waals surface area (Å²) in [5.74, 6) is 0. The third kappa shape index (κ3) is 0.888. The highest BCUT2D eigenvalue weighted by molar-refractivity contribution is 5.77. The van der Waals surface area contributed by atoms with Gasteiger partial charge in [-0.3, -0.25) is 0 Å². The zero-order valence-electron chi connectivity index (χ0n) is 6.33. The molecular formula is C8H9N3. The van der Waals surface area contributed by atoms with Gasteiger partial charge in [0.1, 0.15) is 12.0 Å². The molecule has 0 unspecified atom stereocenters. The zero-order valence-corrected chi connectivity index (χ0v) is 6.33. The highest BCUT2D eigenvalue weighted by Crippen LogP contribution is 2.12. The van der Waals surface area contributed by atoms with Crippen molar-refractivity contribution >= 4 is 11.0 Å². The first kappa shape index (κ1) is 6.34. The Morgan fingerprint density at radius 2 is 2.36 bits per heavy atom. The van der Waals surface area contributed by atoms with E-state index in [1.807, 2.05) is 12.3 Å². The van der Waals surface area contributed by atoms with Crippen molar-refractivity contribution < 1.29 is 0 Å². The molecule has 2 aromatic rings. The summed E-state index contributed by atoms with van der Waals surface area (Å²) in [7, 11) is 0. The summed E-state index contributed by atoms with van der Waals surface area (Å²) in [6.07, 6.45) is 4.44. The highest BCUT2D eigenvalue weighted by atomic mass is 14.9. The van der Waals surface area contributed by atoms with Crippen molar-refractivity contribution in [3.05, 3.63) is 24.3 Å². The second-order valence-corrected chi connectivity index (χ2v) is 2.41. The minimum Gasteiger partial charge on any atom is -0.346 e. The number of H-pyrrole nitrogens is 1. The Morgan fingerprint density at radius 1 is 1.45 bits per heavy atom. The van der Waals surface area contributed by atoms with Gasteiger partial charge in [-0.05, 0) is 12.5 Å². The molecule has 2 aromatic heterocycles. The smallest absolute Gasteiger partial charge is 0.140 e. The number of nitrogens with one attached hydrogen (secondary N) is 1. The molecule has 0 spiro atoms. The molecule has 0 bridgehead atoms. The van der Waals surface area contributed by atoms with Crippen LogP contribution >= 0.6 is 0 Å². The van der Waals surface area contributed by atoms with Crippen molar-refractivity contribution in [3.8, 4) is 0 Å². The Morgan fingerprint density at radius 3 is 3.18 bits per heavy atom. The molecule has 0 atom stereocenters. The minimum atomic E-state index is 0.928. The van der Waals surface area contributed by atoms with E-state index in [4.69, 9.17) is 0 Å². The quantitative estimate of drug-likeness (QED) is 0.664. The molecule has 0 fully saturated rings. The summed E-state index contributed by atoms with van der Waals surface area (Å²) in [5.41, 5.74) is 2.04. The Kier molecular flexibility index (Phi) is 1.35.